The summed E-state index contributed by atoms with van der Waals surface area (Å²) < 4.78 is 0.943. The highest BCUT2D eigenvalue weighted by atomic mass is 35.5. The maximum absolute atomic E-state index is 11.5. The van der Waals surface area contributed by atoms with Crippen LogP contribution < -0.4 is 16.7 Å². The Balaban J connectivity index is 2.13. The molecule has 94 valence electrons. The lowest BCUT2D eigenvalue weighted by atomic mass is 10.2. The molecule has 0 radical (unpaired) electrons. The number of halogens is 1. The van der Waals surface area contributed by atoms with E-state index in [-0.39, 0.29) is 17.2 Å². The fraction of sp³-hybridized carbons (Fsp3) is 0.182. The Hall–Kier alpha value is -2.08. The Kier molecular flexibility index (Phi) is 3.47. The molecule has 6 nitrogen and oxygen atoms in total. The number of anilines is 1. The second kappa shape index (κ2) is 5.05. The van der Waals surface area contributed by atoms with Crippen molar-refractivity contribution in [1.82, 2.24) is 14.9 Å². The average molecular weight is 266 g/mol. The lowest BCUT2D eigenvalue weighted by molar-refractivity contribution is 0.793. The Morgan fingerprint density at radius 2 is 2.00 bits per heavy atom. The smallest absolute Gasteiger partial charge is 0.295 e. The molecule has 3 N–H and O–H groups in total. The van der Waals surface area contributed by atoms with Gasteiger partial charge >= 0.3 is 0 Å². The second-order valence-electron chi connectivity index (χ2n) is 3.76. The molecule has 0 aliphatic heterocycles. The van der Waals surface area contributed by atoms with Crippen molar-refractivity contribution >= 4 is 17.5 Å². The van der Waals surface area contributed by atoms with Crippen molar-refractivity contribution in [3.8, 4) is 0 Å². The Bertz CT molecular complexity index is 608. The molecule has 2 aromatic rings. The van der Waals surface area contributed by atoms with Crippen molar-refractivity contribution in [3.63, 3.8) is 0 Å². The second-order valence-corrected chi connectivity index (χ2v) is 4.20. The molecule has 0 fully saturated rings. The van der Waals surface area contributed by atoms with Crippen LogP contribution in [0.4, 0.5) is 5.95 Å². The number of rotatable bonds is 3. The van der Waals surface area contributed by atoms with Gasteiger partial charge < -0.3 is 11.2 Å². The summed E-state index contributed by atoms with van der Waals surface area (Å²) in [6, 6.07) is 7.32. The summed E-state index contributed by atoms with van der Waals surface area (Å²) in [5.74, 6) is 5.81. The molecule has 0 saturated heterocycles. The van der Waals surface area contributed by atoms with Gasteiger partial charge in [-0.3, -0.25) is 4.79 Å². The highest BCUT2D eigenvalue weighted by molar-refractivity contribution is 6.30. The first-order valence-corrected chi connectivity index (χ1v) is 5.65. The summed E-state index contributed by atoms with van der Waals surface area (Å²) in [7, 11) is 0. The van der Waals surface area contributed by atoms with Crippen LogP contribution in [0, 0.1) is 6.92 Å². The fourth-order valence-electron chi connectivity index (χ4n) is 1.39. The van der Waals surface area contributed by atoms with Crippen LogP contribution in [0.15, 0.2) is 29.1 Å². The van der Waals surface area contributed by atoms with Gasteiger partial charge in [0.15, 0.2) is 0 Å². The largest absolute Gasteiger partial charge is 0.349 e. The number of benzene rings is 1. The quantitative estimate of drug-likeness (QED) is 0.806. The Morgan fingerprint density at radius 1 is 1.33 bits per heavy atom. The van der Waals surface area contributed by atoms with E-state index in [2.05, 4.69) is 15.5 Å². The summed E-state index contributed by atoms with van der Waals surface area (Å²) in [6.45, 7) is 2.03. The first-order chi connectivity index (χ1) is 8.58. The van der Waals surface area contributed by atoms with Crippen molar-refractivity contribution < 1.29 is 0 Å². The number of aromatic nitrogens is 3. The van der Waals surface area contributed by atoms with Crippen molar-refractivity contribution in [2.45, 2.75) is 13.5 Å². The normalized spacial score (nSPS) is 10.3. The minimum Gasteiger partial charge on any atom is -0.349 e. The summed E-state index contributed by atoms with van der Waals surface area (Å²) in [5, 5.41) is 11.1. The van der Waals surface area contributed by atoms with Gasteiger partial charge in [-0.15, -0.1) is 10.2 Å². The lowest BCUT2D eigenvalue weighted by Crippen LogP contribution is -2.33. The van der Waals surface area contributed by atoms with Crippen molar-refractivity contribution in [2.75, 3.05) is 11.2 Å². The third kappa shape index (κ3) is 2.60. The standard InChI is InChI=1S/C11H12ClN5O/c1-7-10(18)17(13)11(16-15-7)14-6-8-2-4-9(12)5-3-8/h2-5H,6,13H2,1H3,(H,14,16). The molecule has 0 saturated carbocycles. The summed E-state index contributed by atoms with van der Waals surface area (Å²) in [4.78, 5) is 11.5. The molecule has 0 spiro atoms. The number of nitrogens with one attached hydrogen (secondary N) is 1. The van der Waals surface area contributed by atoms with Crippen LogP contribution in [-0.4, -0.2) is 14.9 Å². The van der Waals surface area contributed by atoms with Crippen LogP contribution in [0.5, 0.6) is 0 Å². The first kappa shape index (κ1) is 12.4. The van der Waals surface area contributed by atoms with Gasteiger partial charge in [0.25, 0.3) is 5.56 Å². The predicted molar refractivity (Wildman–Crippen MR) is 70.0 cm³/mol. The summed E-state index contributed by atoms with van der Waals surface area (Å²) in [6.07, 6.45) is 0. The van der Waals surface area contributed by atoms with E-state index in [0.29, 0.717) is 11.6 Å². The molecule has 0 aliphatic carbocycles. The van der Waals surface area contributed by atoms with Gasteiger partial charge in [0.2, 0.25) is 5.95 Å². The molecule has 0 bridgehead atoms. The average Bonchev–Trinajstić information content (AvgIpc) is 2.37. The third-order valence-corrected chi connectivity index (χ3v) is 2.67. The van der Waals surface area contributed by atoms with Gasteiger partial charge in [0.05, 0.1) is 0 Å². The fourth-order valence-corrected chi connectivity index (χ4v) is 1.51. The molecule has 1 aromatic carbocycles. The maximum atomic E-state index is 11.5. The van der Waals surface area contributed by atoms with Gasteiger partial charge in [0, 0.05) is 11.6 Å². The molecule has 0 aliphatic rings. The maximum Gasteiger partial charge on any atom is 0.295 e. The molecule has 2 rings (SSSR count). The van der Waals surface area contributed by atoms with E-state index in [9.17, 15) is 4.79 Å². The number of hydrogen-bond donors (Lipinski definition) is 2. The van der Waals surface area contributed by atoms with Gasteiger partial charge in [-0.2, -0.15) is 4.68 Å². The molecular weight excluding hydrogens is 254 g/mol. The number of nitrogen functional groups attached to an aromatic ring is 1. The zero-order chi connectivity index (χ0) is 13.1. The van der Waals surface area contributed by atoms with Crippen LogP contribution in [0.1, 0.15) is 11.3 Å². The number of nitrogens with zero attached hydrogens (tertiary/aromatic N) is 3. The van der Waals surface area contributed by atoms with Crippen molar-refractivity contribution in [1.29, 1.82) is 0 Å². The van der Waals surface area contributed by atoms with Crippen molar-refractivity contribution in [2.24, 2.45) is 0 Å². The molecule has 0 atom stereocenters. The van der Waals surface area contributed by atoms with Crippen LogP contribution >= 0.6 is 11.6 Å². The van der Waals surface area contributed by atoms with E-state index in [1.54, 1.807) is 19.1 Å². The summed E-state index contributed by atoms with van der Waals surface area (Å²) in [5.41, 5.74) is 0.882. The van der Waals surface area contributed by atoms with Gasteiger partial charge in [-0.1, -0.05) is 23.7 Å². The molecule has 7 heteroatoms. The molecule has 0 unspecified atom stereocenters. The Morgan fingerprint density at radius 3 is 2.67 bits per heavy atom. The van der Waals surface area contributed by atoms with Gasteiger partial charge in [-0.25, -0.2) is 0 Å². The number of aryl methyl sites for hydroxylation is 1. The molecular formula is C11H12ClN5O. The molecule has 1 aromatic heterocycles. The first-order valence-electron chi connectivity index (χ1n) is 5.27. The minimum atomic E-state index is -0.372. The highest BCUT2D eigenvalue weighted by Gasteiger charge is 2.05. The van der Waals surface area contributed by atoms with E-state index < -0.39 is 0 Å². The summed E-state index contributed by atoms with van der Waals surface area (Å²) >= 11 is 5.78. The van der Waals surface area contributed by atoms with Crippen LogP contribution in [-0.2, 0) is 6.54 Å². The van der Waals surface area contributed by atoms with Crippen LogP contribution in [0.25, 0.3) is 0 Å². The van der Waals surface area contributed by atoms with Crippen LogP contribution in [0.2, 0.25) is 5.02 Å². The minimum absolute atomic E-state index is 0.223. The zero-order valence-electron chi connectivity index (χ0n) is 9.72. The number of hydrogen-bond acceptors (Lipinski definition) is 5. The Labute approximate surface area is 108 Å². The lowest BCUT2D eigenvalue weighted by Gasteiger charge is -2.08. The zero-order valence-corrected chi connectivity index (χ0v) is 10.5. The molecule has 0 amide bonds. The predicted octanol–water partition coefficient (Wildman–Crippen LogP) is 0.926. The molecule has 18 heavy (non-hydrogen) atoms. The SMILES string of the molecule is Cc1nnc(NCc2ccc(Cl)cc2)n(N)c1=O. The van der Waals surface area contributed by atoms with E-state index >= 15 is 0 Å². The molecule has 1 heterocycles. The monoisotopic (exact) mass is 265 g/mol. The third-order valence-electron chi connectivity index (χ3n) is 2.42. The van der Waals surface area contributed by atoms with Gasteiger partial charge in [0.1, 0.15) is 5.69 Å². The van der Waals surface area contributed by atoms with E-state index in [0.717, 1.165) is 10.2 Å². The topological polar surface area (TPSA) is 85.8 Å². The van der Waals surface area contributed by atoms with Gasteiger partial charge in [-0.05, 0) is 24.6 Å². The van der Waals surface area contributed by atoms with E-state index in [1.165, 1.54) is 0 Å². The van der Waals surface area contributed by atoms with E-state index in [1.807, 2.05) is 12.1 Å². The highest BCUT2D eigenvalue weighted by Crippen LogP contribution is 2.10. The van der Waals surface area contributed by atoms with Crippen LogP contribution in [0.3, 0.4) is 0 Å². The van der Waals surface area contributed by atoms with Crippen molar-refractivity contribution in [3.05, 3.63) is 50.9 Å². The number of nitrogens with two attached hydrogens (primary N) is 1. The van der Waals surface area contributed by atoms with E-state index in [4.69, 9.17) is 17.4 Å².